The van der Waals surface area contributed by atoms with E-state index < -0.39 is 11.3 Å². The number of ether oxygens (including phenoxy) is 2. The standard InChI is InChI=1S/C16H12O5.C2H6/c1-19-9-3-5-11-12-6-4-10(20-2)8-14(12)16(18)21-15(17)13(11)7-9;1-2/h3-8H,1-2H3;1-2H3. The molecule has 5 nitrogen and oxygen atoms in total. The third-order valence-corrected chi connectivity index (χ3v) is 3.37. The normalized spacial score (nSPS) is 10.1. The van der Waals surface area contributed by atoms with Gasteiger partial charge in [-0.3, -0.25) is 0 Å². The van der Waals surface area contributed by atoms with E-state index in [1.165, 1.54) is 14.2 Å². The average molecular weight is 314 g/mol. The van der Waals surface area contributed by atoms with Gasteiger partial charge in [0.15, 0.2) is 0 Å². The highest BCUT2D eigenvalue weighted by Gasteiger charge is 2.09. The molecule has 5 heteroatoms. The molecular weight excluding hydrogens is 296 g/mol. The molecular formula is C18H18O5. The van der Waals surface area contributed by atoms with Gasteiger partial charge in [-0.2, -0.15) is 0 Å². The Morgan fingerprint density at radius 1 is 0.696 bits per heavy atom. The summed E-state index contributed by atoms with van der Waals surface area (Å²) in [7, 11) is 3.02. The molecule has 23 heavy (non-hydrogen) atoms. The Balaban J connectivity index is 0.000000924. The van der Waals surface area contributed by atoms with E-state index in [0.29, 0.717) is 33.0 Å². The maximum Gasteiger partial charge on any atom is 0.346 e. The second kappa shape index (κ2) is 6.96. The quantitative estimate of drug-likeness (QED) is 0.725. The molecule has 0 aliphatic carbocycles. The number of rotatable bonds is 2. The Bertz CT molecular complexity index is 879. The Labute approximate surface area is 133 Å². The monoisotopic (exact) mass is 314 g/mol. The lowest BCUT2D eigenvalue weighted by Gasteiger charge is -2.02. The van der Waals surface area contributed by atoms with Crippen LogP contribution >= 0.6 is 0 Å². The number of hydrogen-bond acceptors (Lipinski definition) is 5. The van der Waals surface area contributed by atoms with Gasteiger partial charge in [0.1, 0.15) is 11.5 Å². The maximum atomic E-state index is 12.1. The molecule has 1 aromatic heterocycles. The van der Waals surface area contributed by atoms with Gasteiger partial charge in [-0.05, 0) is 47.2 Å². The molecule has 3 rings (SSSR count). The molecule has 0 aliphatic rings. The molecule has 0 spiro atoms. The molecule has 0 saturated carbocycles. The summed E-state index contributed by atoms with van der Waals surface area (Å²) in [6, 6.07) is 10.1. The molecule has 0 aliphatic heterocycles. The minimum Gasteiger partial charge on any atom is -0.497 e. The molecule has 3 aromatic rings. The Morgan fingerprint density at radius 3 is 1.43 bits per heavy atom. The fourth-order valence-corrected chi connectivity index (χ4v) is 2.30. The average Bonchev–Trinajstić information content (AvgIpc) is 2.71. The molecule has 1 heterocycles. The fourth-order valence-electron chi connectivity index (χ4n) is 2.30. The summed E-state index contributed by atoms with van der Waals surface area (Å²) in [5.74, 6) is 1.05. The zero-order chi connectivity index (χ0) is 17.0. The Morgan fingerprint density at radius 2 is 1.09 bits per heavy atom. The number of methoxy groups -OCH3 is 2. The predicted molar refractivity (Wildman–Crippen MR) is 90.7 cm³/mol. The van der Waals surface area contributed by atoms with Crippen molar-refractivity contribution in [3.63, 3.8) is 0 Å². The third kappa shape index (κ3) is 3.04. The van der Waals surface area contributed by atoms with Gasteiger partial charge in [-0.1, -0.05) is 13.8 Å². The SMILES string of the molecule is CC.COc1ccc2c(c1)c(=O)oc(=O)c1cc(OC)ccc12. The van der Waals surface area contributed by atoms with Crippen molar-refractivity contribution >= 4 is 21.5 Å². The van der Waals surface area contributed by atoms with E-state index in [2.05, 4.69) is 0 Å². The second-order valence-corrected chi connectivity index (χ2v) is 4.50. The van der Waals surface area contributed by atoms with Crippen LogP contribution in [-0.4, -0.2) is 14.2 Å². The number of benzene rings is 2. The van der Waals surface area contributed by atoms with Crippen LogP contribution in [0.4, 0.5) is 0 Å². The fraction of sp³-hybridized carbons (Fsp3) is 0.222. The van der Waals surface area contributed by atoms with Crippen LogP contribution in [0, 0.1) is 0 Å². The van der Waals surface area contributed by atoms with Crippen molar-refractivity contribution in [2.45, 2.75) is 13.8 Å². The van der Waals surface area contributed by atoms with E-state index in [9.17, 15) is 9.59 Å². The zero-order valence-corrected chi connectivity index (χ0v) is 13.5. The van der Waals surface area contributed by atoms with E-state index in [1.807, 2.05) is 13.8 Å². The lowest BCUT2D eigenvalue weighted by molar-refractivity contribution is 0.415. The molecule has 0 amide bonds. The van der Waals surface area contributed by atoms with Crippen molar-refractivity contribution in [1.82, 2.24) is 0 Å². The van der Waals surface area contributed by atoms with Crippen LogP contribution in [-0.2, 0) is 0 Å². The van der Waals surface area contributed by atoms with Crippen LogP contribution in [0.3, 0.4) is 0 Å². The van der Waals surface area contributed by atoms with E-state index in [4.69, 9.17) is 13.9 Å². The summed E-state index contributed by atoms with van der Waals surface area (Å²) >= 11 is 0. The van der Waals surface area contributed by atoms with E-state index in [-0.39, 0.29) is 0 Å². The van der Waals surface area contributed by atoms with Gasteiger partial charge in [-0.15, -0.1) is 0 Å². The van der Waals surface area contributed by atoms with E-state index in [1.54, 1.807) is 36.4 Å². The van der Waals surface area contributed by atoms with Gasteiger partial charge < -0.3 is 13.9 Å². The highest BCUT2D eigenvalue weighted by Crippen LogP contribution is 2.26. The van der Waals surface area contributed by atoms with Crippen LogP contribution in [0.1, 0.15) is 13.8 Å². The van der Waals surface area contributed by atoms with Crippen molar-refractivity contribution < 1.29 is 13.9 Å². The number of hydrogen-bond donors (Lipinski definition) is 0. The van der Waals surface area contributed by atoms with Gasteiger partial charge in [0, 0.05) is 0 Å². The topological polar surface area (TPSA) is 65.7 Å². The maximum absolute atomic E-state index is 12.1. The van der Waals surface area contributed by atoms with E-state index >= 15 is 0 Å². The highest BCUT2D eigenvalue weighted by molar-refractivity contribution is 6.05. The first kappa shape index (κ1) is 16.5. The molecule has 0 radical (unpaired) electrons. The predicted octanol–water partition coefficient (Wildman–Crippen LogP) is 3.35. The summed E-state index contributed by atoms with van der Waals surface area (Å²) in [6.07, 6.45) is 0. The van der Waals surface area contributed by atoms with Crippen LogP contribution < -0.4 is 20.7 Å². The zero-order valence-electron chi connectivity index (χ0n) is 13.5. The Kier molecular flexibility index (Phi) is 5.01. The molecule has 0 saturated heterocycles. The first-order valence-electron chi connectivity index (χ1n) is 7.27. The van der Waals surface area contributed by atoms with Crippen LogP contribution in [0.5, 0.6) is 11.5 Å². The molecule has 120 valence electrons. The first-order valence-corrected chi connectivity index (χ1v) is 7.27. The molecule has 0 unspecified atom stereocenters. The van der Waals surface area contributed by atoms with E-state index in [0.717, 1.165) is 0 Å². The van der Waals surface area contributed by atoms with Crippen LogP contribution in [0.15, 0.2) is 50.4 Å². The van der Waals surface area contributed by atoms with Crippen LogP contribution in [0.2, 0.25) is 0 Å². The van der Waals surface area contributed by atoms with Gasteiger partial charge in [0.2, 0.25) is 0 Å². The minimum absolute atomic E-state index is 0.298. The van der Waals surface area contributed by atoms with Crippen molar-refractivity contribution in [3.05, 3.63) is 57.2 Å². The molecule has 2 aromatic carbocycles. The summed E-state index contributed by atoms with van der Waals surface area (Å²) in [6.45, 7) is 4.00. The molecule has 0 bridgehead atoms. The van der Waals surface area contributed by atoms with Crippen molar-refractivity contribution in [2.24, 2.45) is 0 Å². The lowest BCUT2D eigenvalue weighted by Crippen LogP contribution is -2.04. The molecule has 0 atom stereocenters. The molecule has 0 N–H and O–H groups in total. The van der Waals surface area contributed by atoms with Crippen molar-refractivity contribution in [3.8, 4) is 11.5 Å². The second-order valence-electron chi connectivity index (χ2n) is 4.50. The summed E-state index contributed by atoms with van der Waals surface area (Å²) in [4.78, 5) is 24.2. The van der Waals surface area contributed by atoms with Gasteiger partial charge in [0.25, 0.3) is 0 Å². The highest BCUT2D eigenvalue weighted by atomic mass is 16.5. The Hall–Kier alpha value is -2.82. The summed E-state index contributed by atoms with van der Waals surface area (Å²) in [5, 5.41) is 1.85. The largest absolute Gasteiger partial charge is 0.497 e. The lowest BCUT2D eigenvalue weighted by atomic mass is 10.1. The van der Waals surface area contributed by atoms with Gasteiger partial charge in [0.05, 0.1) is 25.0 Å². The summed E-state index contributed by atoms with van der Waals surface area (Å²) < 4.78 is 15.1. The van der Waals surface area contributed by atoms with Crippen LogP contribution in [0.25, 0.3) is 21.5 Å². The third-order valence-electron chi connectivity index (χ3n) is 3.37. The minimum atomic E-state index is -0.691. The first-order chi connectivity index (χ1) is 11.1. The van der Waals surface area contributed by atoms with Gasteiger partial charge >= 0.3 is 11.3 Å². The number of fused-ring (bicyclic) bond motifs is 3. The smallest absolute Gasteiger partial charge is 0.346 e. The molecule has 0 fully saturated rings. The van der Waals surface area contributed by atoms with Crippen molar-refractivity contribution in [1.29, 1.82) is 0 Å². The van der Waals surface area contributed by atoms with Crippen molar-refractivity contribution in [2.75, 3.05) is 14.2 Å². The van der Waals surface area contributed by atoms with Gasteiger partial charge in [-0.25, -0.2) is 9.59 Å². The summed E-state index contributed by atoms with van der Waals surface area (Å²) in [5.41, 5.74) is -1.38.